The van der Waals surface area contributed by atoms with Gasteiger partial charge in [-0.05, 0) is 122 Å². The van der Waals surface area contributed by atoms with E-state index in [9.17, 15) is 14.4 Å². The first-order valence-electron chi connectivity index (χ1n) is 34.0. The highest BCUT2D eigenvalue weighted by molar-refractivity contribution is 5.72. The van der Waals surface area contributed by atoms with Gasteiger partial charge in [0.2, 0.25) is 0 Å². The Morgan fingerprint density at radius 1 is 0.253 bits per heavy atom. The molecule has 6 heteroatoms. The third-order valence-corrected chi connectivity index (χ3v) is 14.0. The van der Waals surface area contributed by atoms with Gasteiger partial charge in [-0.3, -0.25) is 14.4 Å². The average Bonchev–Trinajstić information content (AvgIpc) is 3.50. The van der Waals surface area contributed by atoms with E-state index >= 15 is 0 Å². The molecule has 0 amide bonds. The van der Waals surface area contributed by atoms with Gasteiger partial charge in [0.05, 0.1) is 6.42 Å². The Morgan fingerprint density at radius 3 is 0.783 bits per heavy atom. The highest BCUT2D eigenvalue weighted by Gasteiger charge is 2.19. The molecular formula is C77H124O6. The topological polar surface area (TPSA) is 78.9 Å². The first-order valence-corrected chi connectivity index (χ1v) is 34.0. The van der Waals surface area contributed by atoms with Gasteiger partial charge in [-0.25, -0.2) is 0 Å². The van der Waals surface area contributed by atoms with Crippen LogP contribution in [0.2, 0.25) is 0 Å². The number of esters is 3. The van der Waals surface area contributed by atoms with Crippen molar-refractivity contribution in [3.63, 3.8) is 0 Å². The molecule has 0 aromatic rings. The number of hydrogen-bond donors (Lipinski definition) is 0. The van der Waals surface area contributed by atoms with E-state index in [1.807, 2.05) is 6.08 Å². The normalized spacial score (nSPS) is 13.1. The molecule has 0 rings (SSSR count). The molecule has 0 radical (unpaired) electrons. The lowest BCUT2D eigenvalue weighted by Crippen LogP contribution is -2.30. The van der Waals surface area contributed by atoms with E-state index in [4.69, 9.17) is 14.2 Å². The molecule has 0 aliphatic carbocycles. The summed E-state index contributed by atoms with van der Waals surface area (Å²) in [5.41, 5.74) is 0. The molecule has 1 unspecified atom stereocenters. The second kappa shape index (κ2) is 69.5. The highest BCUT2D eigenvalue weighted by Crippen LogP contribution is 2.16. The van der Waals surface area contributed by atoms with E-state index in [0.717, 1.165) is 135 Å². The van der Waals surface area contributed by atoms with Crippen molar-refractivity contribution in [3.8, 4) is 0 Å². The molecule has 6 nitrogen and oxygen atoms in total. The first-order chi connectivity index (χ1) is 41.0. The van der Waals surface area contributed by atoms with Crippen molar-refractivity contribution in [2.24, 2.45) is 0 Å². The Morgan fingerprint density at radius 2 is 0.482 bits per heavy atom. The largest absolute Gasteiger partial charge is 0.462 e. The molecule has 0 spiro atoms. The van der Waals surface area contributed by atoms with Crippen molar-refractivity contribution >= 4 is 17.9 Å². The number of rotatable bonds is 60. The van der Waals surface area contributed by atoms with E-state index in [-0.39, 0.29) is 38.0 Å². The maximum absolute atomic E-state index is 12.9. The lowest BCUT2D eigenvalue weighted by molar-refractivity contribution is -0.166. The molecule has 0 saturated carbocycles. The maximum atomic E-state index is 12.9. The zero-order valence-corrected chi connectivity index (χ0v) is 53.7. The first kappa shape index (κ1) is 78.0. The summed E-state index contributed by atoms with van der Waals surface area (Å²) in [6, 6.07) is 0. The summed E-state index contributed by atoms with van der Waals surface area (Å²) in [4.78, 5) is 38.3. The fourth-order valence-corrected chi connectivity index (χ4v) is 9.09. The molecule has 0 aromatic heterocycles. The number of carbonyl (C=O) groups is 3. The standard InChI is InChI=1S/C77H124O6/c1-4-7-10-13-16-19-22-25-28-30-32-33-34-35-36-37-38-39-40-41-42-43-45-46-49-52-55-58-61-64-67-70-76(79)82-73-74(72-81-75(78)69-66-63-60-57-54-51-48-27-24-21-18-15-12-9-6-3)83-77(80)71-68-65-62-59-56-53-50-47-44-31-29-26-23-20-17-14-11-8-5-2/h7-12,16-21,25-29,32-33,44,47-48,54,57,63,66,74H,4-6,13-15,22-24,30-31,34-43,45-46,49-53,55-56,58-62,64-65,67-73H2,1-3H3/b10-7-,11-8-,12-9-,19-16-,20-17-,21-18-,28-25-,29-26-,33-32-,47-44-,48-27-,57-54-,66-63-. The summed E-state index contributed by atoms with van der Waals surface area (Å²) in [5, 5.41) is 0. The minimum atomic E-state index is -0.833. The second-order valence-electron chi connectivity index (χ2n) is 22.0. The average molecular weight is 1150 g/mol. The lowest BCUT2D eigenvalue weighted by Gasteiger charge is -2.18. The monoisotopic (exact) mass is 1140 g/mol. The number of ether oxygens (including phenoxy) is 3. The third-order valence-electron chi connectivity index (χ3n) is 14.0. The summed E-state index contributed by atoms with van der Waals surface area (Å²) in [5.74, 6) is -1.06. The molecule has 0 N–H and O–H groups in total. The summed E-state index contributed by atoms with van der Waals surface area (Å²) < 4.78 is 16.8. The number of hydrogen-bond acceptors (Lipinski definition) is 6. The van der Waals surface area contributed by atoms with Crippen molar-refractivity contribution in [2.45, 2.75) is 297 Å². The molecule has 1 atom stereocenters. The summed E-state index contributed by atoms with van der Waals surface area (Å²) >= 11 is 0. The minimum Gasteiger partial charge on any atom is -0.462 e. The fourth-order valence-electron chi connectivity index (χ4n) is 9.09. The van der Waals surface area contributed by atoms with Gasteiger partial charge in [0.15, 0.2) is 6.10 Å². The quantitative estimate of drug-likeness (QED) is 0.0261. The molecule has 0 bridgehead atoms. The van der Waals surface area contributed by atoms with Crippen LogP contribution in [0.4, 0.5) is 0 Å². The molecule has 83 heavy (non-hydrogen) atoms. The Labute approximate surface area is 511 Å². The summed E-state index contributed by atoms with van der Waals surface area (Å²) in [7, 11) is 0. The van der Waals surface area contributed by atoms with Crippen molar-refractivity contribution in [3.05, 3.63) is 158 Å². The van der Waals surface area contributed by atoms with Crippen LogP contribution in [-0.2, 0) is 28.6 Å². The minimum absolute atomic E-state index is 0.118. The zero-order chi connectivity index (χ0) is 59.9. The van der Waals surface area contributed by atoms with Crippen molar-refractivity contribution in [1.29, 1.82) is 0 Å². The summed E-state index contributed by atoms with van der Waals surface area (Å²) in [6.07, 6.45) is 102. The van der Waals surface area contributed by atoms with Gasteiger partial charge in [-0.1, -0.05) is 307 Å². The maximum Gasteiger partial charge on any atom is 0.309 e. The van der Waals surface area contributed by atoms with Crippen molar-refractivity contribution < 1.29 is 28.6 Å². The van der Waals surface area contributed by atoms with Gasteiger partial charge in [0, 0.05) is 12.8 Å². The Bertz CT molecular complexity index is 1840. The second-order valence-corrected chi connectivity index (χ2v) is 22.0. The van der Waals surface area contributed by atoms with Crippen LogP contribution in [0, 0.1) is 0 Å². The van der Waals surface area contributed by atoms with E-state index < -0.39 is 12.1 Å². The Kier molecular flexibility index (Phi) is 65.4. The SMILES string of the molecule is CC/C=C\C/C=C\C/C=C\C/C=C\C/C=C\CC(=O)OCC(COC(=O)CCCCCCCCCCCCCCCCCCCC/C=C\C/C=C\C/C=C\C/C=C\CC)OC(=O)CCCCCCCC/C=C\C/C=C\C/C=C\C/C=C\CC. The van der Waals surface area contributed by atoms with E-state index in [1.165, 1.54) is 116 Å². The smallest absolute Gasteiger partial charge is 0.309 e. The van der Waals surface area contributed by atoms with Crippen molar-refractivity contribution in [1.82, 2.24) is 0 Å². The van der Waals surface area contributed by atoms with Crippen molar-refractivity contribution in [2.75, 3.05) is 13.2 Å². The predicted octanol–water partition coefficient (Wildman–Crippen LogP) is 23.7. The third kappa shape index (κ3) is 67.7. The molecular weight excluding hydrogens is 1020 g/mol. The summed E-state index contributed by atoms with van der Waals surface area (Å²) in [6.45, 7) is 6.21. The van der Waals surface area contributed by atoms with E-state index in [1.54, 1.807) is 6.08 Å². The van der Waals surface area contributed by atoms with Gasteiger partial charge < -0.3 is 14.2 Å². The van der Waals surface area contributed by atoms with Gasteiger partial charge in [-0.2, -0.15) is 0 Å². The Hall–Kier alpha value is -4.97. The van der Waals surface area contributed by atoms with E-state index in [2.05, 4.69) is 167 Å². The molecule has 0 fully saturated rings. The van der Waals surface area contributed by atoms with Gasteiger partial charge >= 0.3 is 17.9 Å². The fraction of sp³-hybridized carbons (Fsp3) is 0.623. The number of allylic oxidation sites excluding steroid dienone is 25. The van der Waals surface area contributed by atoms with Crippen LogP contribution < -0.4 is 0 Å². The molecule has 0 heterocycles. The molecule has 0 aliphatic rings. The number of unbranched alkanes of at least 4 members (excludes halogenated alkanes) is 24. The zero-order valence-electron chi connectivity index (χ0n) is 53.7. The highest BCUT2D eigenvalue weighted by atomic mass is 16.6. The van der Waals surface area contributed by atoms with Crippen LogP contribution >= 0.6 is 0 Å². The van der Waals surface area contributed by atoms with Gasteiger partial charge in [0.1, 0.15) is 13.2 Å². The van der Waals surface area contributed by atoms with Crippen LogP contribution in [0.15, 0.2) is 158 Å². The van der Waals surface area contributed by atoms with Crippen LogP contribution in [-0.4, -0.2) is 37.2 Å². The predicted molar refractivity (Wildman–Crippen MR) is 362 cm³/mol. The lowest BCUT2D eigenvalue weighted by atomic mass is 10.0. The number of carbonyl (C=O) groups excluding carboxylic acids is 3. The molecule has 468 valence electrons. The van der Waals surface area contributed by atoms with Gasteiger partial charge in [0.25, 0.3) is 0 Å². The molecule has 0 saturated heterocycles. The Balaban J connectivity index is 4.34. The van der Waals surface area contributed by atoms with Crippen LogP contribution in [0.5, 0.6) is 0 Å². The van der Waals surface area contributed by atoms with E-state index in [0.29, 0.717) is 6.42 Å². The molecule has 0 aliphatic heterocycles. The van der Waals surface area contributed by atoms with Crippen LogP contribution in [0.1, 0.15) is 290 Å². The van der Waals surface area contributed by atoms with Crippen LogP contribution in [0.3, 0.4) is 0 Å². The van der Waals surface area contributed by atoms with Gasteiger partial charge in [-0.15, -0.1) is 0 Å². The van der Waals surface area contributed by atoms with Crippen LogP contribution in [0.25, 0.3) is 0 Å². The molecule has 0 aromatic carbocycles.